The summed E-state index contributed by atoms with van der Waals surface area (Å²) < 4.78 is 10.1. The molecule has 0 aromatic carbocycles. The molecular formula is C9H17NO6. The Balaban J connectivity index is 2.77. The van der Waals surface area contributed by atoms with Crippen molar-refractivity contribution in [2.24, 2.45) is 0 Å². The lowest BCUT2D eigenvalue weighted by molar-refractivity contribution is -0.262. The number of rotatable bonds is 3. The first-order chi connectivity index (χ1) is 7.51. The van der Waals surface area contributed by atoms with Gasteiger partial charge in [-0.05, 0) is 0 Å². The minimum absolute atomic E-state index is 0.371. The number of aliphatic hydroxyl groups excluding tert-OH is 3. The van der Waals surface area contributed by atoms with E-state index in [1.54, 1.807) is 0 Å². The van der Waals surface area contributed by atoms with Gasteiger partial charge in [0.05, 0.1) is 6.61 Å². The van der Waals surface area contributed by atoms with Crippen molar-refractivity contribution >= 4 is 5.91 Å². The van der Waals surface area contributed by atoms with E-state index < -0.39 is 37.3 Å². The van der Waals surface area contributed by atoms with E-state index in [2.05, 4.69) is 5.32 Å². The predicted molar refractivity (Wildman–Crippen MR) is 52.4 cm³/mol. The van der Waals surface area contributed by atoms with Gasteiger partial charge >= 0.3 is 0 Å². The monoisotopic (exact) mass is 236 g/mol. The van der Waals surface area contributed by atoms with Crippen LogP contribution in [0.4, 0.5) is 0 Å². The molecule has 7 nitrogen and oxygen atoms in total. The number of carbonyl (C=O) groups is 1. The molecule has 0 radical (unpaired) electrons. The van der Waals surface area contributed by atoms with Crippen LogP contribution in [0, 0.1) is 0 Å². The molecule has 1 amide bonds. The lowest BCUT2D eigenvalue weighted by Crippen LogP contribution is -2.64. The molecule has 94 valence electrons. The molecule has 1 saturated heterocycles. The predicted octanol–water partition coefficient (Wildman–Crippen LogP) is -2.42. The first kappa shape index (κ1) is 13.3. The molecule has 0 unspecified atom stereocenters. The van der Waals surface area contributed by atoms with Gasteiger partial charge in [-0.3, -0.25) is 4.79 Å². The molecule has 7 heteroatoms. The van der Waals surface area contributed by atoms with Crippen LogP contribution in [-0.4, -0.2) is 65.6 Å². The molecule has 0 bridgehead atoms. The van der Waals surface area contributed by atoms with Crippen molar-refractivity contribution in [3.63, 3.8) is 0 Å². The highest BCUT2D eigenvalue weighted by molar-refractivity contribution is 5.73. The summed E-state index contributed by atoms with van der Waals surface area (Å²) in [7, 11) is 1.35. The quantitative estimate of drug-likeness (QED) is 0.406. The van der Waals surface area contributed by atoms with Gasteiger partial charge in [-0.1, -0.05) is 0 Å². The highest BCUT2D eigenvalue weighted by Gasteiger charge is 2.44. The molecular weight excluding hydrogens is 219 g/mol. The normalized spacial score (nSPS) is 39.4. The Bertz CT molecular complexity index is 246. The maximum Gasteiger partial charge on any atom is 0.217 e. The van der Waals surface area contributed by atoms with E-state index in [0.29, 0.717) is 0 Å². The van der Waals surface area contributed by atoms with Gasteiger partial charge in [0.25, 0.3) is 0 Å². The molecule has 1 aliphatic rings. The number of amides is 1. The van der Waals surface area contributed by atoms with Crippen LogP contribution in [0.3, 0.4) is 0 Å². The third-order valence-electron chi connectivity index (χ3n) is 2.48. The summed E-state index contributed by atoms with van der Waals surface area (Å²) in [5, 5.41) is 30.7. The van der Waals surface area contributed by atoms with Gasteiger partial charge < -0.3 is 30.1 Å². The first-order valence-corrected chi connectivity index (χ1v) is 4.93. The lowest BCUT2D eigenvalue weighted by atomic mass is 10.1. The average molecular weight is 236 g/mol. The zero-order chi connectivity index (χ0) is 12.3. The molecule has 1 aliphatic heterocycles. The number of aliphatic hydroxyl groups is 3. The molecule has 0 saturated carbocycles. The molecule has 1 rings (SSSR count). The van der Waals surface area contributed by atoms with E-state index in [1.807, 2.05) is 0 Å². The fraction of sp³-hybridized carbons (Fsp3) is 0.889. The summed E-state index contributed by atoms with van der Waals surface area (Å²) in [6, 6.07) is -0.861. The first-order valence-electron chi connectivity index (χ1n) is 4.93. The van der Waals surface area contributed by atoms with Crippen molar-refractivity contribution in [3.05, 3.63) is 0 Å². The van der Waals surface area contributed by atoms with Crippen LogP contribution < -0.4 is 5.32 Å². The number of ether oxygens (including phenoxy) is 2. The van der Waals surface area contributed by atoms with E-state index in [-0.39, 0.29) is 5.91 Å². The summed E-state index contributed by atoms with van der Waals surface area (Å²) in [4.78, 5) is 10.9. The van der Waals surface area contributed by atoms with Crippen LogP contribution >= 0.6 is 0 Å². The number of hydrogen-bond donors (Lipinski definition) is 4. The summed E-state index contributed by atoms with van der Waals surface area (Å²) in [5.74, 6) is -0.371. The van der Waals surface area contributed by atoms with Crippen molar-refractivity contribution in [3.8, 4) is 0 Å². The second-order valence-electron chi connectivity index (χ2n) is 3.67. The number of hydrogen-bond acceptors (Lipinski definition) is 6. The van der Waals surface area contributed by atoms with E-state index in [0.717, 1.165) is 0 Å². The molecule has 0 aliphatic carbocycles. The van der Waals surface area contributed by atoms with E-state index in [4.69, 9.17) is 14.6 Å². The molecule has 5 atom stereocenters. The second kappa shape index (κ2) is 5.55. The second-order valence-corrected chi connectivity index (χ2v) is 3.67. The molecule has 1 fully saturated rings. The maximum absolute atomic E-state index is 10.9. The van der Waals surface area contributed by atoms with Crippen LogP contribution in [0.5, 0.6) is 0 Å². The SMILES string of the molecule is CO[C@@H]1O[C@H](CO)[C@@H](O)[C@H](O)[13C@H]1NC(C)=O. The zero-order valence-electron chi connectivity index (χ0n) is 9.16. The van der Waals surface area contributed by atoms with E-state index in [1.165, 1.54) is 14.0 Å². The summed E-state index contributed by atoms with van der Waals surface area (Å²) >= 11 is 0. The van der Waals surface area contributed by atoms with Gasteiger partial charge in [0.2, 0.25) is 5.91 Å². The topological polar surface area (TPSA) is 108 Å². The molecule has 0 aromatic rings. The van der Waals surface area contributed by atoms with Gasteiger partial charge in [0, 0.05) is 14.0 Å². The van der Waals surface area contributed by atoms with Gasteiger partial charge in [-0.2, -0.15) is 0 Å². The Hall–Kier alpha value is -0.730. The molecule has 4 N–H and O–H groups in total. The molecule has 1 heterocycles. The standard InChI is InChI=1S/C9H17NO6/c1-4(12)10-6-8(14)7(13)5(3-11)16-9(6)15-2/h5-9,11,13-14H,3H2,1-2H3,(H,10,12)/t5-,6-,7-,8-,9-/m1/s1/i6+1. The van der Waals surface area contributed by atoms with Crippen LogP contribution in [0.15, 0.2) is 0 Å². The fourth-order valence-electron chi connectivity index (χ4n) is 1.67. The third kappa shape index (κ3) is 2.69. The smallest absolute Gasteiger partial charge is 0.217 e. The summed E-state index contributed by atoms with van der Waals surface area (Å²) in [6.45, 7) is 0.842. The van der Waals surface area contributed by atoms with Crippen LogP contribution in [0.25, 0.3) is 0 Å². The van der Waals surface area contributed by atoms with Crippen LogP contribution in [-0.2, 0) is 14.3 Å². The number of carbonyl (C=O) groups excluding carboxylic acids is 1. The lowest BCUT2D eigenvalue weighted by Gasteiger charge is -2.41. The van der Waals surface area contributed by atoms with Gasteiger partial charge in [0.1, 0.15) is 24.4 Å². The van der Waals surface area contributed by atoms with Crippen molar-refractivity contribution in [2.45, 2.75) is 37.6 Å². The van der Waals surface area contributed by atoms with E-state index in [9.17, 15) is 15.0 Å². The highest BCUT2D eigenvalue weighted by atomic mass is 16.7. The summed E-state index contributed by atoms with van der Waals surface area (Å²) in [5.41, 5.74) is 0. The van der Waals surface area contributed by atoms with Crippen molar-refractivity contribution in [2.75, 3.05) is 13.7 Å². The summed E-state index contributed by atoms with van der Waals surface area (Å²) in [6.07, 6.45) is -4.35. The number of nitrogens with one attached hydrogen (secondary N) is 1. The van der Waals surface area contributed by atoms with Crippen LogP contribution in [0.2, 0.25) is 0 Å². The Kier molecular flexibility index (Phi) is 4.63. The van der Waals surface area contributed by atoms with Crippen molar-refractivity contribution in [1.82, 2.24) is 5.32 Å². The Morgan fingerprint density at radius 3 is 2.50 bits per heavy atom. The van der Waals surface area contributed by atoms with Crippen molar-refractivity contribution < 1.29 is 29.6 Å². The molecule has 0 aromatic heterocycles. The van der Waals surface area contributed by atoms with E-state index >= 15 is 0 Å². The van der Waals surface area contributed by atoms with Crippen molar-refractivity contribution in [1.29, 1.82) is 0 Å². The molecule has 16 heavy (non-hydrogen) atoms. The largest absolute Gasteiger partial charge is 0.394 e. The van der Waals surface area contributed by atoms with Gasteiger partial charge in [-0.15, -0.1) is 0 Å². The minimum atomic E-state index is -1.27. The maximum atomic E-state index is 10.9. The van der Waals surface area contributed by atoms with Crippen LogP contribution in [0.1, 0.15) is 6.92 Å². The highest BCUT2D eigenvalue weighted by Crippen LogP contribution is 2.21. The number of methoxy groups -OCH3 is 1. The van der Waals surface area contributed by atoms with Gasteiger partial charge in [-0.25, -0.2) is 0 Å². The molecule has 0 spiro atoms. The Morgan fingerprint density at radius 1 is 1.44 bits per heavy atom. The minimum Gasteiger partial charge on any atom is -0.394 e. The average Bonchev–Trinajstić information content (AvgIpc) is 2.25. The Labute approximate surface area is 93.0 Å². The zero-order valence-corrected chi connectivity index (χ0v) is 9.16. The van der Waals surface area contributed by atoms with Gasteiger partial charge in [0.15, 0.2) is 6.29 Å². The third-order valence-corrected chi connectivity index (χ3v) is 2.48. The Morgan fingerprint density at radius 2 is 2.06 bits per heavy atom. The fourth-order valence-corrected chi connectivity index (χ4v) is 1.67.